The first-order valence-corrected chi connectivity index (χ1v) is 10.8. The number of amides is 1. The van der Waals surface area contributed by atoms with Crippen molar-refractivity contribution in [3.8, 4) is 0 Å². The van der Waals surface area contributed by atoms with E-state index in [2.05, 4.69) is 9.82 Å². The van der Waals surface area contributed by atoms with Gasteiger partial charge in [0.05, 0.1) is 18.0 Å². The van der Waals surface area contributed by atoms with E-state index in [0.29, 0.717) is 23.4 Å². The van der Waals surface area contributed by atoms with Crippen molar-refractivity contribution in [3.63, 3.8) is 0 Å². The molecule has 1 N–H and O–H groups in total. The highest BCUT2D eigenvalue weighted by Gasteiger charge is 2.35. The summed E-state index contributed by atoms with van der Waals surface area (Å²) in [6.45, 7) is 3.56. The molecule has 3 rings (SSSR count). The second-order valence-corrected chi connectivity index (χ2v) is 8.83. The molecule has 0 spiro atoms. The number of hydrogen-bond acceptors (Lipinski definition) is 4. The molecule has 148 valence electrons. The first-order chi connectivity index (χ1) is 13.2. The molecule has 1 unspecified atom stereocenters. The number of hydrogen-bond donors (Lipinski definition) is 1. The lowest BCUT2D eigenvalue weighted by Gasteiger charge is -2.23. The predicted molar refractivity (Wildman–Crippen MR) is 107 cm³/mol. The van der Waals surface area contributed by atoms with Gasteiger partial charge in [-0.3, -0.25) is 9.52 Å². The van der Waals surface area contributed by atoms with Gasteiger partial charge in [-0.25, -0.2) is 17.8 Å². The Bertz CT molecular complexity index is 1020. The smallest absolute Gasteiger partial charge is 0.245 e. The van der Waals surface area contributed by atoms with E-state index >= 15 is 0 Å². The summed E-state index contributed by atoms with van der Waals surface area (Å²) in [6, 6.07) is 12.6. The highest BCUT2D eigenvalue weighted by Crippen LogP contribution is 2.35. The monoisotopic (exact) mass is 403 g/mol. The molecule has 2 aromatic carbocycles. The maximum Gasteiger partial charge on any atom is 0.245 e. The van der Waals surface area contributed by atoms with Gasteiger partial charge in [-0.15, -0.1) is 0 Å². The third-order valence-electron chi connectivity index (χ3n) is 4.42. The zero-order valence-electron chi connectivity index (χ0n) is 15.9. The van der Waals surface area contributed by atoms with Crippen molar-refractivity contribution >= 4 is 27.3 Å². The maximum absolute atomic E-state index is 14.4. The fourth-order valence-electron chi connectivity index (χ4n) is 3.08. The predicted octanol–water partition coefficient (Wildman–Crippen LogP) is 3.53. The van der Waals surface area contributed by atoms with Gasteiger partial charge >= 0.3 is 0 Å². The number of benzene rings is 2. The summed E-state index contributed by atoms with van der Waals surface area (Å²) in [5.74, 6) is -0.837. The van der Waals surface area contributed by atoms with Crippen LogP contribution >= 0.6 is 0 Å². The van der Waals surface area contributed by atoms with Crippen LogP contribution in [0.1, 0.15) is 37.4 Å². The normalized spacial score (nSPS) is 17.0. The van der Waals surface area contributed by atoms with Crippen LogP contribution in [-0.2, 0) is 14.8 Å². The summed E-state index contributed by atoms with van der Waals surface area (Å²) in [5, 5.41) is 5.84. The highest BCUT2D eigenvalue weighted by molar-refractivity contribution is 7.92. The van der Waals surface area contributed by atoms with Gasteiger partial charge in [-0.05, 0) is 23.8 Å². The summed E-state index contributed by atoms with van der Waals surface area (Å²) in [7, 11) is -3.36. The summed E-state index contributed by atoms with van der Waals surface area (Å²) in [6.07, 6.45) is 1.45. The van der Waals surface area contributed by atoms with E-state index < -0.39 is 16.1 Å². The molecule has 2 aromatic rings. The van der Waals surface area contributed by atoms with Gasteiger partial charge in [0.1, 0.15) is 5.82 Å². The molecule has 0 bridgehead atoms. The number of rotatable bonds is 5. The minimum atomic E-state index is -3.36. The lowest BCUT2D eigenvalue weighted by Crippen LogP contribution is -2.31. The van der Waals surface area contributed by atoms with Gasteiger partial charge in [-0.1, -0.05) is 44.2 Å². The molecule has 8 heteroatoms. The molecule has 1 heterocycles. The first kappa shape index (κ1) is 20.0. The third-order valence-corrected chi connectivity index (χ3v) is 5.02. The Hall–Kier alpha value is -2.74. The number of nitrogens with one attached hydrogen (secondary N) is 1. The van der Waals surface area contributed by atoms with E-state index in [-0.39, 0.29) is 17.6 Å². The van der Waals surface area contributed by atoms with Crippen molar-refractivity contribution in [1.29, 1.82) is 0 Å². The topological polar surface area (TPSA) is 78.8 Å². The van der Waals surface area contributed by atoms with Crippen LogP contribution in [0.5, 0.6) is 0 Å². The highest BCUT2D eigenvalue weighted by atomic mass is 32.2. The molecule has 0 aromatic heterocycles. The van der Waals surface area contributed by atoms with Gasteiger partial charge in [0.25, 0.3) is 0 Å². The van der Waals surface area contributed by atoms with Crippen LogP contribution in [0.4, 0.5) is 10.1 Å². The SMILES string of the molecule is CC(C)C(=O)N1N=C(c2ccc(NS(C)(=O)=O)cc2)CC1c1ccccc1F. The quantitative estimate of drug-likeness (QED) is 0.829. The molecule has 0 saturated heterocycles. The van der Waals surface area contributed by atoms with Crippen LogP contribution in [0, 0.1) is 11.7 Å². The number of anilines is 1. The number of sulfonamides is 1. The van der Waals surface area contributed by atoms with Crippen LogP contribution < -0.4 is 4.72 Å². The molecular formula is C20H22FN3O3S. The standard InChI is InChI=1S/C20H22FN3O3S/c1-13(2)20(25)24-19(16-6-4-5-7-17(16)21)12-18(22-24)14-8-10-15(11-9-14)23-28(3,26)27/h4-11,13,19,23H,12H2,1-3H3. The molecule has 1 aliphatic rings. The molecule has 1 amide bonds. The molecule has 0 saturated carbocycles. The Morgan fingerprint density at radius 1 is 1.18 bits per heavy atom. The minimum absolute atomic E-state index is 0.182. The molecular weight excluding hydrogens is 381 g/mol. The van der Waals surface area contributed by atoms with E-state index in [1.807, 2.05) is 0 Å². The van der Waals surface area contributed by atoms with Gasteiger partial charge < -0.3 is 0 Å². The minimum Gasteiger partial charge on any atom is -0.284 e. The molecule has 0 fully saturated rings. The summed E-state index contributed by atoms with van der Waals surface area (Å²) >= 11 is 0. The van der Waals surface area contributed by atoms with Crippen molar-refractivity contribution in [2.75, 3.05) is 11.0 Å². The number of carbonyl (C=O) groups excluding carboxylic acids is 1. The van der Waals surface area contributed by atoms with Gasteiger partial charge in [0.2, 0.25) is 15.9 Å². The Morgan fingerprint density at radius 3 is 2.39 bits per heavy atom. The maximum atomic E-state index is 14.4. The number of nitrogens with zero attached hydrogens (tertiary/aromatic N) is 2. The second kappa shape index (κ2) is 7.71. The van der Waals surface area contributed by atoms with Crippen LogP contribution in [-0.4, -0.2) is 31.3 Å². The summed E-state index contributed by atoms with van der Waals surface area (Å²) in [5.41, 5.74) is 2.25. The number of halogens is 1. The Morgan fingerprint density at radius 2 is 1.82 bits per heavy atom. The third kappa shape index (κ3) is 4.39. The van der Waals surface area contributed by atoms with Crippen molar-refractivity contribution in [1.82, 2.24) is 5.01 Å². The summed E-state index contributed by atoms with van der Waals surface area (Å²) in [4.78, 5) is 12.6. The Balaban J connectivity index is 1.93. The van der Waals surface area contributed by atoms with Crippen molar-refractivity contribution in [2.24, 2.45) is 11.0 Å². The fourth-order valence-corrected chi connectivity index (χ4v) is 3.65. The van der Waals surface area contributed by atoms with Crippen LogP contribution in [0.3, 0.4) is 0 Å². The molecule has 28 heavy (non-hydrogen) atoms. The number of hydrazone groups is 1. The zero-order chi connectivity index (χ0) is 20.5. The average molecular weight is 403 g/mol. The largest absolute Gasteiger partial charge is 0.284 e. The summed E-state index contributed by atoms with van der Waals surface area (Å²) < 4.78 is 39.4. The molecule has 1 atom stereocenters. The second-order valence-electron chi connectivity index (χ2n) is 7.08. The first-order valence-electron chi connectivity index (χ1n) is 8.89. The van der Waals surface area contributed by atoms with E-state index in [1.165, 1.54) is 11.1 Å². The van der Waals surface area contributed by atoms with E-state index in [1.54, 1.807) is 56.3 Å². The van der Waals surface area contributed by atoms with Crippen molar-refractivity contribution < 1.29 is 17.6 Å². The fraction of sp³-hybridized carbons (Fsp3) is 0.300. The molecule has 6 nitrogen and oxygen atoms in total. The van der Waals surface area contributed by atoms with Gasteiger partial charge in [0, 0.05) is 23.6 Å². The van der Waals surface area contributed by atoms with Gasteiger partial charge in [0.15, 0.2) is 0 Å². The molecule has 0 aliphatic carbocycles. The van der Waals surface area contributed by atoms with Crippen LogP contribution in [0.15, 0.2) is 53.6 Å². The lowest BCUT2D eigenvalue weighted by atomic mass is 9.97. The van der Waals surface area contributed by atoms with E-state index in [0.717, 1.165) is 11.8 Å². The number of carbonyl (C=O) groups is 1. The van der Waals surface area contributed by atoms with Crippen LogP contribution in [0.2, 0.25) is 0 Å². The Labute approximate surface area is 164 Å². The van der Waals surface area contributed by atoms with Crippen molar-refractivity contribution in [2.45, 2.75) is 26.3 Å². The van der Waals surface area contributed by atoms with Crippen molar-refractivity contribution in [3.05, 3.63) is 65.5 Å². The van der Waals surface area contributed by atoms with Crippen LogP contribution in [0.25, 0.3) is 0 Å². The Kier molecular flexibility index (Phi) is 5.51. The zero-order valence-corrected chi connectivity index (χ0v) is 16.7. The van der Waals surface area contributed by atoms with E-state index in [9.17, 15) is 17.6 Å². The van der Waals surface area contributed by atoms with E-state index in [4.69, 9.17) is 0 Å². The average Bonchev–Trinajstić information content (AvgIpc) is 3.05. The molecule has 0 radical (unpaired) electrons. The molecule has 1 aliphatic heterocycles. The lowest BCUT2D eigenvalue weighted by molar-refractivity contribution is -0.136. The van der Waals surface area contributed by atoms with Gasteiger partial charge in [-0.2, -0.15) is 5.10 Å².